The van der Waals surface area contributed by atoms with Crippen molar-refractivity contribution in [2.24, 2.45) is 0 Å². The van der Waals surface area contributed by atoms with Gasteiger partial charge in [-0.1, -0.05) is 31.4 Å². The quantitative estimate of drug-likeness (QED) is 0.579. The largest absolute Gasteiger partial charge is 0.228 e. The van der Waals surface area contributed by atoms with Gasteiger partial charge in [-0.15, -0.1) is 11.3 Å². The average Bonchev–Trinajstić information content (AvgIpc) is 2.92. The summed E-state index contributed by atoms with van der Waals surface area (Å²) >= 11 is 1.80. The van der Waals surface area contributed by atoms with Gasteiger partial charge in [0.2, 0.25) is 0 Å². The summed E-state index contributed by atoms with van der Waals surface area (Å²) in [6.07, 6.45) is 6.41. The second kappa shape index (κ2) is 7.80. The lowest BCUT2D eigenvalue weighted by Gasteiger charge is -2.18. The van der Waals surface area contributed by atoms with E-state index in [4.69, 9.17) is 0 Å². The molecule has 0 spiro atoms. The van der Waals surface area contributed by atoms with Gasteiger partial charge in [-0.25, -0.2) is 8.42 Å². The number of thiophene rings is 1. The molecule has 1 heterocycles. The number of hydrogen-bond donors (Lipinski definition) is 0. The lowest BCUT2D eigenvalue weighted by molar-refractivity contribution is 0.552. The van der Waals surface area contributed by atoms with Crippen LogP contribution in [0.2, 0.25) is 0 Å². The number of sulfone groups is 1. The van der Waals surface area contributed by atoms with Gasteiger partial charge in [0.1, 0.15) is 0 Å². The first-order valence-corrected chi connectivity index (χ1v) is 11.0. The monoisotopic (exact) mass is 352 g/mol. The molecular weight excluding hydrogens is 324 g/mol. The third kappa shape index (κ3) is 5.32. The molecule has 0 aliphatic rings. The van der Waals surface area contributed by atoms with Crippen molar-refractivity contribution in [2.75, 3.05) is 5.75 Å². The molecule has 0 N–H and O–H groups in total. The molecule has 0 aliphatic heterocycles. The van der Waals surface area contributed by atoms with Gasteiger partial charge in [0.05, 0.1) is 10.5 Å². The molecule has 4 heteroatoms. The van der Waals surface area contributed by atoms with Crippen molar-refractivity contribution in [3.05, 3.63) is 35.2 Å². The van der Waals surface area contributed by atoms with Crippen molar-refractivity contribution in [3.63, 3.8) is 0 Å². The molecule has 0 fully saturated rings. The molecule has 0 saturated heterocycles. The Morgan fingerprint density at radius 1 is 0.957 bits per heavy atom. The fourth-order valence-electron chi connectivity index (χ4n) is 2.61. The van der Waals surface area contributed by atoms with E-state index in [0.717, 1.165) is 25.7 Å². The second-order valence-corrected chi connectivity index (χ2v) is 11.1. The first-order valence-electron chi connectivity index (χ1n) is 8.48. The van der Waals surface area contributed by atoms with Crippen LogP contribution in [-0.4, -0.2) is 18.9 Å². The summed E-state index contributed by atoms with van der Waals surface area (Å²) in [5.74, 6) is 0.325. The molecule has 2 nitrogen and oxygen atoms in total. The Bertz CT molecular complexity index is 721. The molecule has 128 valence electrons. The average molecular weight is 353 g/mol. The molecule has 0 atom stereocenters. The molecule has 0 radical (unpaired) electrons. The van der Waals surface area contributed by atoms with Crippen LogP contribution in [0.3, 0.4) is 0 Å². The van der Waals surface area contributed by atoms with E-state index < -0.39 is 14.6 Å². The van der Waals surface area contributed by atoms with Crippen LogP contribution in [0.25, 0.3) is 10.1 Å². The zero-order valence-electron chi connectivity index (χ0n) is 14.5. The van der Waals surface area contributed by atoms with Crippen LogP contribution in [0.1, 0.15) is 58.4 Å². The topological polar surface area (TPSA) is 34.1 Å². The van der Waals surface area contributed by atoms with E-state index in [9.17, 15) is 8.42 Å². The molecule has 0 amide bonds. The first kappa shape index (κ1) is 18.5. The number of hydrogen-bond acceptors (Lipinski definition) is 3. The van der Waals surface area contributed by atoms with Gasteiger partial charge in [0, 0.05) is 4.70 Å². The summed E-state index contributed by atoms with van der Waals surface area (Å²) in [6.45, 7) is 5.35. The van der Waals surface area contributed by atoms with Gasteiger partial charge in [0.25, 0.3) is 0 Å². The number of fused-ring (bicyclic) bond motifs is 1. The van der Waals surface area contributed by atoms with Crippen molar-refractivity contribution in [3.8, 4) is 0 Å². The molecular formula is C19H28O2S2. The number of benzene rings is 1. The molecule has 1 aromatic heterocycles. The molecule has 0 unspecified atom stereocenters. The number of unbranched alkanes of at least 4 members (excludes halogenated alkanes) is 4. The highest BCUT2D eigenvalue weighted by molar-refractivity contribution is 7.92. The molecule has 2 rings (SSSR count). The summed E-state index contributed by atoms with van der Waals surface area (Å²) in [5, 5.41) is 3.47. The lowest BCUT2D eigenvalue weighted by Crippen LogP contribution is -2.30. The van der Waals surface area contributed by atoms with Gasteiger partial charge in [-0.3, -0.25) is 0 Å². The molecule has 0 aliphatic carbocycles. The summed E-state index contributed by atoms with van der Waals surface area (Å²) in [4.78, 5) is 0. The van der Waals surface area contributed by atoms with E-state index >= 15 is 0 Å². The minimum Gasteiger partial charge on any atom is -0.228 e. The summed E-state index contributed by atoms with van der Waals surface area (Å²) in [5.41, 5.74) is 1.41. The molecule has 23 heavy (non-hydrogen) atoms. The number of rotatable bonds is 8. The summed E-state index contributed by atoms with van der Waals surface area (Å²) < 4.78 is 24.8. The fraction of sp³-hybridized carbons (Fsp3) is 0.579. The minimum absolute atomic E-state index is 0.325. The van der Waals surface area contributed by atoms with Crippen LogP contribution < -0.4 is 0 Å². The van der Waals surface area contributed by atoms with Crippen LogP contribution in [0, 0.1) is 0 Å². The maximum atomic E-state index is 12.0. The molecule has 2 aromatic rings. The summed E-state index contributed by atoms with van der Waals surface area (Å²) in [7, 11) is -2.95. The molecule has 1 aromatic carbocycles. The number of aryl methyl sites for hydroxylation is 1. The zero-order valence-corrected chi connectivity index (χ0v) is 16.1. The first-order chi connectivity index (χ1) is 10.8. The Balaban J connectivity index is 1.63. The zero-order chi connectivity index (χ0) is 16.9. The van der Waals surface area contributed by atoms with Crippen LogP contribution in [0.15, 0.2) is 29.6 Å². The van der Waals surface area contributed by atoms with E-state index in [1.807, 2.05) is 0 Å². The second-order valence-electron chi connectivity index (χ2n) is 7.24. The van der Waals surface area contributed by atoms with Crippen molar-refractivity contribution < 1.29 is 8.42 Å². The van der Waals surface area contributed by atoms with Crippen molar-refractivity contribution in [2.45, 2.75) is 64.0 Å². The third-order valence-electron chi connectivity index (χ3n) is 4.33. The molecule has 0 saturated carbocycles. The predicted octanol–water partition coefficient (Wildman–Crippen LogP) is 5.61. The van der Waals surface area contributed by atoms with E-state index in [1.54, 1.807) is 32.1 Å². The fourth-order valence-corrected chi connectivity index (χ4v) is 4.66. The van der Waals surface area contributed by atoms with Gasteiger partial charge in [-0.2, -0.15) is 0 Å². The Kier molecular flexibility index (Phi) is 6.26. The lowest BCUT2D eigenvalue weighted by atomic mass is 10.0. The van der Waals surface area contributed by atoms with Crippen LogP contribution >= 0.6 is 11.3 Å². The van der Waals surface area contributed by atoms with Crippen LogP contribution in [0.4, 0.5) is 0 Å². The van der Waals surface area contributed by atoms with Gasteiger partial charge in [-0.05, 0) is 68.5 Å². The Hall–Kier alpha value is -0.870. The van der Waals surface area contributed by atoms with Crippen molar-refractivity contribution in [1.29, 1.82) is 0 Å². The maximum absolute atomic E-state index is 12.0. The predicted molar refractivity (Wildman–Crippen MR) is 102 cm³/mol. The van der Waals surface area contributed by atoms with Crippen molar-refractivity contribution in [1.82, 2.24) is 0 Å². The van der Waals surface area contributed by atoms with Gasteiger partial charge >= 0.3 is 0 Å². The highest BCUT2D eigenvalue weighted by Gasteiger charge is 2.27. The minimum atomic E-state index is -2.95. The Morgan fingerprint density at radius 2 is 1.65 bits per heavy atom. The van der Waals surface area contributed by atoms with Gasteiger partial charge in [0.15, 0.2) is 9.84 Å². The van der Waals surface area contributed by atoms with E-state index in [2.05, 4.69) is 29.6 Å². The van der Waals surface area contributed by atoms with Crippen LogP contribution in [-0.2, 0) is 16.3 Å². The smallest absolute Gasteiger partial charge is 0.155 e. The highest BCUT2D eigenvalue weighted by atomic mass is 32.2. The summed E-state index contributed by atoms with van der Waals surface area (Å²) in [6, 6.07) is 8.90. The van der Waals surface area contributed by atoms with E-state index in [0.29, 0.717) is 5.75 Å². The molecule has 0 bridgehead atoms. The van der Waals surface area contributed by atoms with Crippen molar-refractivity contribution >= 4 is 31.3 Å². The maximum Gasteiger partial charge on any atom is 0.155 e. The third-order valence-corrected chi connectivity index (χ3v) is 7.90. The Morgan fingerprint density at radius 3 is 2.39 bits per heavy atom. The highest BCUT2D eigenvalue weighted by Crippen LogP contribution is 2.23. The van der Waals surface area contributed by atoms with Gasteiger partial charge < -0.3 is 0 Å². The van der Waals surface area contributed by atoms with Crippen LogP contribution in [0.5, 0.6) is 0 Å². The standard InChI is InChI=1S/C19H28O2S2/c1-19(2,3)23(20,21)14-8-6-4-5-7-9-16-10-11-17-12-13-22-18(17)15-16/h10-13,15H,4-9,14H2,1-3H3. The SMILES string of the molecule is CC(C)(C)S(=O)(=O)CCCCCCCc1ccc2ccsc2c1. The van der Waals surface area contributed by atoms with E-state index in [1.165, 1.54) is 28.5 Å². The van der Waals surface area contributed by atoms with E-state index in [-0.39, 0.29) is 0 Å². The Labute approximate surface area is 144 Å². The normalized spacial score (nSPS) is 12.8.